The zero-order valence-electron chi connectivity index (χ0n) is 12.3. The number of likely N-dealkylation sites (tertiary alicyclic amines) is 1. The van der Waals surface area contributed by atoms with E-state index in [2.05, 4.69) is 0 Å². The highest BCUT2D eigenvalue weighted by atomic mass is 35.5. The van der Waals surface area contributed by atoms with Gasteiger partial charge >= 0.3 is 0 Å². The number of carbonyl (C=O) groups excluding carboxylic acids is 1. The topological polar surface area (TPSA) is 55.6 Å². The number of nitrogens with two attached hydrogens (primary N) is 1. The van der Waals surface area contributed by atoms with Gasteiger partial charge < -0.3 is 15.4 Å². The minimum absolute atomic E-state index is 0. The minimum atomic E-state index is 0. The first-order chi connectivity index (χ1) is 9.02. The molecule has 112 valence electrons. The average molecular weight is 299 g/mol. The van der Waals surface area contributed by atoms with E-state index in [1.807, 2.05) is 36.9 Å². The Balaban J connectivity index is 0.00000200. The van der Waals surface area contributed by atoms with E-state index in [0.717, 1.165) is 30.8 Å². The largest absolute Gasteiger partial charge is 0.496 e. The van der Waals surface area contributed by atoms with Gasteiger partial charge in [0, 0.05) is 24.7 Å². The van der Waals surface area contributed by atoms with Crippen molar-refractivity contribution >= 4 is 18.3 Å². The van der Waals surface area contributed by atoms with Crippen LogP contribution in [0, 0.1) is 12.8 Å². The Bertz CT molecular complexity index is 477. The first-order valence-electron chi connectivity index (χ1n) is 6.72. The van der Waals surface area contributed by atoms with Gasteiger partial charge in [-0.3, -0.25) is 4.79 Å². The van der Waals surface area contributed by atoms with Crippen molar-refractivity contribution < 1.29 is 9.53 Å². The number of methoxy groups -OCH3 is 1. The average Bonchev–Trinajstić information content (AvgIpc) is 2.88. The van der Waals surface area contributed by atoms with E-state index in [0.29, 0.717) is 11.5 Å². The molecule has 0 bridgehead atoms. The van der Waals surface area contributed by atoms with Crippen LogP contribution in [-0.2, 0) is 0 Å². The smallest absolute Gasteiger partial charge is 0.253 e. The van der Waals surface area contributed by atoms with Crippen LogP contribution in [0.3, 0.4) is 0 Å². The molecule has 0 aromatic heterocycles. The van der Waals surface area contributed by atoms with Crippen molar-refractivity contribution in [2.75, 3.05) is 20.2 Å². The monoisotopic (exact) mass is 298 g/mol. The highest BCUT2D eigenvalue weighted by Crippen LogP contribution is 2.24. The predicted octanol–water partition coefficient (Wildman–Crippen LogP) is 2.23. The van der Waals surface area contributed by atoms with Crippen LogP contribution in [0.5, 0.6) is 5.75 Å². The van der Waals surface area contributed by atoms with Gasteiger partial charge in [0.25, 0.3) is 5.91 Å². The van der Waals surface area contributed by atoms with Gasteiger partial charge in [0.05, 0.1) is 7.11 Å². The molecule has 5 heteroatoms. The van der Waals surface area contributed by atoms with Crippen LogP contribution < -0.4 is 10.5 Å². The number of rotatable bonds is 3. The van der Waals surface area contributed by atoms with E-state index >= 15 is 0 Å². The molecule has 0 aliphatic carbocycles. The predicted molar refractivity (Wildman–Crippen MR) is 82.6 cm³/mol. The second kappa shape index (κ2) is 6.95. The van der Waals surface area contributed by atoms with Crippen LogP contribution >= 0.6 is 12.4 Å². The highest BCUT2D eigenvalue weighted by Gasteiger charge is 2.29. The maximum Gasteiger partial charge on any atom is 0.253 e. The van der Waals surface area contributed by atoms with E-state index in [9.17, 15) is 4.79 Å². The summed E-state index contributed by atoms with van der Waals surface area (Å²) in [5.74, 6) is 1.24. The third-order valence-electron chi connectivity index (χ3n) is 3.91. The molecule has 2 unspecified atom stereocenters. The van der Waals surface area contributed by atoms with Crippen molar-refractivity contribution in [1.82, 2.24) is 4.90 Å². The number of ether oxygens (including phenoxy) is 1. The van der Waals surface area contributed by atoms with Gasteiger partial charge in [-0.1, -0.05) is 6.07 Å². The Morgan fingerprint density at radius 2 is 2.20 bits per heavy atom. The van der Waals surface area contributed by atoms with Crippen molar-refractivity contribution in [2.45, 2.75) is 26.3 Å². The van der Waals surface area contributed by atoms with Crippen LogP contribution in [0.2, 0.25) is 0 Å². The quantitative estimate of drug-likeness (QED) is 0.931. The van der Waals surface area contributed by atoms with Crippen molar-refractivity contribution in [3.05, 3.63) is 29.3 Å². The fourth-order valence-corrected chi connectivity index (χ4v) is 2.54. The Hall–Kier alpha value is -1.26. The Morgan fingerprint density at radius 1 is 1.50 bits per heavy atom. The molecule has 1 fully saturated rings. The third kappa shape index (κ3) is 3.44. The molecule has 20 heavy (non-hydrogen) atoms. The number of benzene rings is 1. The third-order valence-corrected chi connectivity index (χ3v) is 3.91. The molecule has 0 spiro atoms. The SMILES string of the molecule is COc1cc(C(=O)N2CCC(C(C)N)C2)ccc1C.Cl. The maximum atomic E-state index is 12.4. The number of halogens is 1. The van der Waals surface area contributed by atoms with Gasteiger partial charge in [-0.15, -0.1) is 12.4 Å². The molecule has 1 aliphatic rings. The van der Waals surface area contributed by atoms with Crippen molar-refractivity contribution in [3.63, 3.8) is 0 Å². The van der Waals surface area contributed by atoms with Crippen LogP contribution in [-0.4, -0.2) is 37.0 Å². The van der Waals surface area contributed by atoms with Crippen molar-refractivity contribution in [3.8, 4) is 5.75 Å². The number of hydrogen-bond acceptors (Lipinski definition) is 3. The molecule has 1 saturated heterocycles. The Morgan fingerprint density at radius 3 is 2.75 bits per heavy atom. The van der Waals surface area contributed by atoms with Gasteiger partial charge in [-0.2, -0.15) is 0 Å². The molecule has 1 aromatic rings. The zero-order chi connectivity index (χ0) is 14.0. The molecular weight excluding hydrogens is 276 g/mol. The summed E-state index contributed by atoms with van der Waals surface area (Å²) in [7, 11) is 1.62. The van der Waals surface area contributed by atoms with E-state index < -0.39 is 0 Å². The molecule has 1 aliphatic heterocycles. The van der Waals surface area contributed by atoms with Gasteiger partial charge in [0.2, 0.25) is 0 Å². The van der Waals surface area contributed by atoms with Crippen LogP contribution in [0.15, 0.2) is 18.2 Å². The molecule has 4 nitrogen and oxygen atoms in total. The molecule has 2 rings (SSSR count). The Labute approximate surface area is 126 Å². The molecular formula is C15H23ClN2O2. The molecule has 1 heterocycles. The standard InChI is InChI=1S/C15H22N2O2.ClH/c1-10-4-5-12(8-14(10)19-3)15(18)17-7-6-13(9-17)11(2)16;/h4-5,8,11,13H,6-7,9,16H2,1-3H3;1H. The lowest BCUT2D eigenvalue weighted by Crippen LogP contribution is -2.33. The summed E-state index contributed by atoms with van der Waals surface area (Å²) in [6.45, 7) is 5.52. The Kier molecular flexibility index (Phi) is 5.84. The van der Waals surface area contributed by atoms with E-state index in [4.69, 9.17) is 10.5 Å². The maximum absolute atomic E-state index is 12.4. The van der Waals surface area contributed by atoms with Crippen LogP contribution in [0.4, 0.5) is 0 Å². The molecule has 1 amide bonds. The van der Waals surface area contributed by atoms with E-state index in [1.165, 1.54) is 0 Å². The zero-order valence-corrected chi connectivity index (χ0v) is 13.1. The number of nitrogens with zero attached hydrogens (tertiary/aromatic N) is 1. The van der Waals surface area contributed by atoms with Crippen molar-refractivity contribution in [1.29, 1.82) is 0 Å². The summed E-state index contributed by atoms with van der Waals surface area (Å²) in [5.41, 5.74) is 7.63. The van der Waals surface area contributed by atoms with Crippen molar-refractivity contribution in [2.24, 2.45) is 11.7 Å². The van der Waals surface area contributed by atoms with Gasteiger partial charge in [-0.25, -0.2) is 0 Å². The summed E-state index contributed by atoms with van der Waals surface area (Å²) in [5, 5.41) is 0. The summed E-state index contributed by atoms with van der Waals surface area (Å²) in [6, 6.07) is 5.74. The number of hydrogen-bond donors (Lipinski definition) is 1. The lowest BCUT2D eigenvalue weighted by atomic mass is 10.0. The number of carbonyl (C=O) groups is 1. The lowest BCUT2D eigenvalue weighted by Gasteiger charge is -2.18. The fraction of sp³-hybridized carbons (Fsp3) is 0.533. The van der Waals surface area contributed by atoms with Gasteiger partial charge in [-0.05, 0) is 43.9 Å². The second-order valence-electron chi connectivity index (χ2n) is 5.34. The normalized spacial score (nSPS) is 19.4. The summed E-state index contributed by atoms with van der Waals surface area (Å²) in [6.07, 6.45) is 0.992. The summed E-state index contributed by atoms with van der Waals surface area (Å²) < 4.78 is 5.27. The first kappa shape index (κ1) is 16.8. The second-order valence-corrected chi connectivity index (χ2v) is 5.34. The van der Waals surface area contributed by atoms with E-state index in [1.54, 1.807) is 7.11 Å². The highest BCUT2D eigenvalue weighted by molar-refractivity contribution is 5.95. The van der Waals surface area contributed by atoms with E-state index in [-0.39, 0.29) is 24.4 Å². The molecule has 2 atom stereocenters. The van der Waals surface area contributed by atoms with Crippen LogP contribution in [0.1, 0.15) is 29.3 Å². The molecule has 1 aromatic carbocycles. The van der Waals surface area contributed by atoms with Crippen LogP contribution in [0.25, 0.3) is 0 Å². The molecule has 0 radical (unpaired) electrons. The number of aryl methyl sites for hydroxylation is 1. The molecule has 2 N–H and O–H groups in total. The lowest BCUT2D eigenvalue weighted by molar-refractivity contribution is 0.0785. The molecule has 0 saturated carbocycles. The summed E-state index contributed by atoms with van der Waals surface area (Å²) in [4.78, 5) is 14.3. The number of amides is 1. The first-order valence-corrected chi connectivity index (χ1v) is 6.72. The van der Waals surface area contributed by atoms with Gasteiger partial charge in [0.1, 0.15) is 5.75 Å². The fourth-order valence-electron chi connectivity index (χ4n) is 2.54. The summed E-state index contributed by atoms with van der Waals surface area (Å²) >= 11 is 0. The van der Waals surface area contributed by atoms with Gasteiger partial charge in [0.15, 0.2) is 0 Å². The minimum Gasteiger partial charge on any atom is -0.496 e.